The molecule has 0 aliphatic carbocycles. The van der Waals surface area contributed by atoms with Gasteiger partial charge in [0.05, 0.1) is 16.4 Å². The van der Waals surface area contributed by atoms with Crippen molar-refractivity contribution in [2.45, 2.75) is 23.0 Å². The largest absolute Gasteiger partial charge is 0.461 e. The molecule has 0 bridgehead atoms. The van der Waals surface area contributed by atoms with Gasteiger partial charge in [0.15, 0.2) is 12.3 Å². The maximum atomic E-state index is 14.3. The highest BCUT2D eigenvalue weighted by Gasteiger charge is 2.47. The lowest BCUT2D eigenvalue weighted by Gasteiger charge is -2.20. The van der Waals surface area contributed by atoms with Gasteiger partial charge in [0, 0.05) is 0 Å². The van der Waals surface area contributed by atoms with Gasteiger partial charge in [-0.2, -0.15) is 0 Å². The summed E-state index contributed by atoms with van der Waals surface area (Å²) in [5.74, 6) is -1.25. The maximum absolute atomic E-state index is 14.3. The molecule has 1 fully saturated rings. The molecule has 5 nitrogen and oxygen atoms in total. The number of alkyl halides is 1. The van der Waals surface area contributed by atoms with E-state index >= 15 is 0 Å². The average molecular weight is 376 g/mol. The van der Waals surface area contributed by atoms with Gasteiger partial charge in [-0.25, -0.2) is 14.0 Å². The van der Waals surface area contributed by atoms with Crippen molar-refractivity contribution in [1.29, 1.82) is 0 Å². The zero-order chi connectivity index (χ0) is 18.5. The van der Waals surface area contributed by atoms with Gasteiger partial charge in [-0.3, -0.25) is 0 Å². The molecule has 0 aromatic heterocycles. The summed E-state index contributed by atoms with van der Waals surface area (Å²) in [6.07, 6.45) is -2.96. The number of ether oxygens (including phenoxy) is 2. The fourth-order valence-electron chi connectivity index (χ4n) is 2.56. The third-order valence-electron chi connectivity index (χ3n) is 3.91. The van der Waals surface area contributed by atoms with E-state index in [0.717, 1.165) is 11.8 Å². The van der Waals surface area contributed by atoms with E-state index in [-0.39, 0.29) is 12.2 Å². The Hall–Kier alpha value is -2.38. The first kappa shape index (κ1) is 18.4. The monoisotopic (exact) mass is 376 g/mol. The molecular weight excluding hydrogens is 359 g/mol. The van der Waals surface area contributed by atoms with Crippen LogP contribution in [0.1, 0.15) is 20.7 Å². The molecule has 1 unspecified atom stereocenters. The molecule has 1 heterocycles. The lowest BCUT2D eigenvalue weighted by molar-refractivity contribution is -0.0112. The summed E-state index contributed by atoms with van der Waals surface area (Å²) >= 11 is 0.882. The van der Waals surface area contributed by atoms with Gasteiger partial charge < -0.3 is 14.6 Å². The van der Waals surface area contributed by atoms with E-state index in [1.165, 1.54) is 0 Å². The van der Waals surface area contributed by atoms with Crippen LogP contribution < -0.4 is 0 Å². The number of thioether (sulfide) groups is 1. The van der Waals surface area contributed by atoms with Gasteiger partial charge in [0.2, 0.25) is 0 Å². The second-order valence-electron chi connectivity index (χ2n) is 5.71. The number of aliphatic hydroxyl groups excluding tert-OH is 1. The van der Waals surface area contributed by atoms with Crippen molar-refractivity contribution in [3.63, 3.8) is 0 Å². The SMILES string of the molecule is O=C(OC[C@@H]1SC(O)[C@@H](F)[C@@H]1OC(=O)c1ccccc1)c1ccccc1. The molecule has 4 atom stereocenters. The van der Waals surface area contributed by atoms with Crippen molar-refractivity contribution >= 4 is 23.7 Å². The van der Waals surface area contributed by atoms with Crippen molar-refractivity contribution in [1.82, 2.24) is 0 Å². The lowest BCUT2D eigenvalue weighted by Crippen LogP contribution is -2.36. The Morgan fingerprint density at radius 2 is 1.50 bits per heavy atom. The predicted molar refractivity (Wildman–Crippen MR) is 94.7 cm³/mol. The normalized spacial score (nSPS) is 24.8. The molecule has 7 heteroatoms. The Labute approximate surface area is 154 Å². The van der Waals surface area contributed by atoms with E-state index in [9.17, 15) is 19.1 Å². The molecule has 2 aromatic rings. The van der Waals surface area contributed by atoms with Crippen LogP contribution in [0.3, 0.4) is 0 Å². The Balaban J connectivity index is 1.63. The fraction of sp³-hybridized carbons (Fsp3) is 0.263. The van der Waals surface area contributed by atoms with Crippen LogP contribution >= 0.6 is 11.8 Å². The summed E-state index contributed by atoms with van der Waals surface area (Å²) in [5.41, 5.74) is -0.694. The summed E-state index contributed by atoms with van der Waals surface area (Å²) in [5, 5.41) is 9.07. The van der Waals surface area contributed by atoms with Crippen molar-refractivity contribution in [2.24, 2.45) is 0 Å². The molecule has 1 aliphatic rings. The van der Waals surface area contributed by atoms with Gasteiger partial charge in [-0.1, -0.05) is 36.4 Å². The topological polar surface area (TPSA) is 72.8 Å². The molecule has 1 aliphatic heterocycles. The maximum Gasteiger partial charge on any atom is 0.338 e. The van der Waals surface area contributed by atoms with Gasteiger partial charge in [0.1, 0.15) is 12.0 Å². The van der Waals surface area contributed by atoms with Gasteiger partial charge in [0.25, 0.3) is 0 Å². The van der Waals surface area contributed by atoms with Crippen LogP contribution in [0.15, 0.2) is 60.7 Å². The summed E-state index contributed by atoms with van der Waals surface area (Å²) in [7, 11) is 0. The molecule has 1 N–H and O–H groups in total. The molecule has 2 aromatic carbocycles. The van der Waals surface area contributed by atoms with Crippen LogP contribution in [0.4, 0.5) is 4.39 Å². The van der Waals surface area contributed by atoms with Gasteiger partial charge in [-0.15, -0.1) is 11.8 Å². The third-order valence-corrected chi connectivity index (χ3v) is 5.20. The van der Waals surface area contributed by atoms with E-state index in [0.29, 0.717) is 5.56 Å². The van der Waals surface area contributed by atoms with Crippen molar-refractivity contribution in [2.75, 3.05) is 6.61 Å². The van der Waals surface area contributed by atoms with Crippen molar-refractivity contribution in [3.8, 4) is 0 Å². The highest BCUT2D eigenvalue weighted by molar-refractivity contribution is 8.00. The standard InChI is InChI=1S/C19H17FO5S/c20-15-16(25-18(22)13-9-5-2-6-10-13)14(26-19(15)23)11-24-17(21)12-7-3-1-4-8-12/h1-10,14-16,19,23H,11H2/t14-,15-,16+,19?/m0/s1. The third kappa shape index (κ3) is 4.23. The Kier molecular flexibility index (Phi) is 5.90. The fourth-order valence-corrected chi connectivity index (χ4v) is 3.73. The number of hydrogen-bond donors (Lipinski definition) is 1. The van der Waals surface area contributed by atoms with Crippen LogP contribution in [0.25, 0.3) is 0 Å². The van der Waals surface area contributed by atoms with Gasteiger partial charge in [-0.05, 0) is 24.3 Å². The number of esters is 2. The molecule has 0 amide bonds. The molecule has 0 saturated carbocycles. The van der Waals surface area contributed by atoms with Crippen LogP contribution in [0, 0.1) is 0 Å². The number of carbonyl (C=O) groups excluding carboxylic acids is 2. The molecule has 0 radical (unpaired) electrons. The Morgan fingerprint density at radius 3 is 2.08 bits per heavy atom. The van der Waals surface area contributed by atoms with Crippen LogP contribution in [-0.2, 0) is 9.47 Å². The molecule has 26 heavy (non-hydrogen) atoms. The second kappa shape index (κ2) is 8.33. The minimum Gasteiger partial charge on any atom is -0.461 e. The van der Waals surface area contributed by atoms with E-state index in [1.54, 1.807) is 60.7 Å². The van der Waals surface area contributed by atoms with Gasteiger partial charge >= 0.3 is 11.9 Å². The van der Waals surface area contributed by atoms with E-state index in [4.69, 9.17) is 9.47 Å². The van der Waals surface area contributed by atoms with Crippen LogP contribution in [0.5, 0.6) is 0 Å². The predicted octanol–water partition coefficient (Wildman–Crippen LogP) is 2.84. The first-order chi connectivity index (χ1) is 12.6. The number of hydrogen-bond acceptors (Lipinski definition) is 6. The Bertz CT molecular complexity index is 755. The first-order valence-corrected chi connectivity index (χ1v) is 8.96. The highest BCUT2D eigenvalue weighted by atomic mass is 32.2. The van der Waals surface area contributed by atoms with E-state index < -0.39 is 34.9 Å². The van der Waals surface area contributed by atoms with Crippen molar-refractivity contribution in [3.05, 3.63) is 71.8 Å². The van der Waals surface area contributed by atoms with E-state index in [2.05, 4.69) is 0 Å². The second-order valence-corrected chi connectivity index (χ2v) is 7.07. The summed E-state index contributed by atoms with van der Waals surface area (Å²) in [4.78, 5) is 24.2. The first-order valence-electron chi connectivity index (χ1n) is 8.02. The van der Waals surface area contributed by atoms with Crippen molar-refractivity contribution < 1.29 is 28.6 Å². The highest BCUT2D eigenvalue weighted by Crippen LogP contribution is 2.37. The van der Waals surface area contributed by atoms with Crippen LogP contribution in [-0.4, -0.2) is 46.6 Å². The minimum absolute atomic E-state index is 0.178. The average Bonchev–Trinajstić information content (AvgIpc) is 2.95. The minimum atomic E-state index is -1.76. The molecule has 0 spiro atoms. The molecule has 3 rings (SSSR count). The number of aliphatic hydroxyl groups is 1. The summed E-state index contributed by atoms with van der Waals surface area (Å²) < 4.78 is 24.7. The smallest absolute Gasteiger partial charge is 0.338 e. The Morgan fingerprint density at radius 1 is 0.962 bits per heavy atom. The molecule has 136 valence electrons. The lowest BCUT2D eigenvalue weighted by atomic mass is 10.1. The quantitative estimate of drug-likeness (QED) is 0.809. The molecular formula is C19H17FO5S. The number of rotatable bonds is 5. The van der Waals surface area contributed by atoms with Crippen LogP contribution in [0.2, 0.25) is 0 Å². The van der Waals surface area contributed by atoms with E-state index in [1.807, 2.05) is 0 Å². The molecule has 1 saturated heterocycles. The summed E-state index contributed by atoms with van der Waals surface area (Å²) in [6, 6.07) is 16.6. The number of carbonyl (C=O) groups is 2. The summed E-state index contributed by atoms with van der Waals surface area (Å²) in [6.45, 7) is -0.178. The zero-order valence-electron chi connectivity index (χ0n) is 13.7. The zero-order valence-corrected chi connectivity index (χ0v) is 14.5. The number of benzene rings is 2. The number of halogens is 1.